The number of nitrogens with two attached hydrogens (primary N) is 1. The van der Waals surface area contributed by atoms with Crippen molar-refractivity contribution in [3.8, 4) is 0 Å². The second-order valence-corrected chi connectivity index (χ2v) is 8.37. The van der Waals surface area contributed by atoms with Crippen LogP contribution in [0.4, 0.5) is 0 Å². The van der Waals surface area contributed by atoms with E-state index in [9.17, 15) is 29.4 Å². The molecule has 1 fully saturated rings. The molecule has 1 aliphatic heterocycles. The lowest BCUT2D eigenvalue weighted by Gasteiger charge is -2.29. The van der Waals surface area contributed by atoms with Gasteiger partial charge in [0.15, 0.2) is 0 Å². The molecule has 1 saturated heterocycles. The van der Waals surface area contributed by atoms with E-state index in [0.29, 0.717) is 25.1 Å². The molecule has 11 heteroatoms. The number of carbonyl (C=O) groups excluding carboxylic acids is 3. The van der Waals surface area contributed by atoms with Gasteiger partial charge in [0.05, 0.1) is 12.6 Å². The number of aliphatic hydroxyl groups is 1. The summed E-state index contributed by atoms with van der Waals surface area (Å²) in [7, 11) is 0. The molecule has 0 bridgehead atoms. The zero-order valence-corrected chi connectivity index (χ0v) is 17.9. The molecule has 1 aliphatic rings. The molecule has 0 radical (unpaired) electrons. The van der Waals surface area contributed by atoms with Crippen LogP contribution >= 0.6 is 11.8 Å². The van der Waals surface area contributed by atoms with Gasteiger partial charge in [-0.1, -0.05) is 13.8 Å². The first-order valence-electron chi connectivity index (χ1n) is 9.63. The van der Waals surface area contributed by atoms with Crippen molar-refractivity contribution >= 4 is 35.5 Å². The van der Waals surface area contributed by atoms with E-state index in [-0.39, 0.29) is 18.2 Å². The SMILES string of the molecule is CSCCC(NC(=O)C(CO)NC(=O)C1CCCN1C(=O)C(N)C(C)C)C(=O)O. The Morgan fingerprint density at radius 3 is 2.38 bits per heavy atom. The number of amides is 3. The lowest BCUT2D eigenvalue weighted by Crippen LogP contribution is -2.58. The number of carbonyl (C=O) groups is 4. The van der Waals surface area contributed by atoms with Gasteiger partial charge in [0, 0.05) is 6.54 Å². The van der Waals surface area contributed by atoms with Crippen LogP contribution in [0.5, 0.6) is 0 Å². The van der Waals surface area contributed by atoms with Crippen molar-refractivity contribution in [3.63, 3.8) is 0 Å². The normalized spacial score (nSPS) is 19.5. The molecule has 0 aliphatic carbocycles. The van der Waals surface area contributed by atoms with E-state index in [1.54, 1.807) is 0 Å². The van der Waals surface area contributed by atoms with Gasteiger partial charge in [-0.2, -0.15) is 11.8 Å². The van der Waals surface area contributed by atoms with E-state index < -0.39 is 48.6 Å². The number of aliphatic hydroxyl groups excluding tert-OH is 1. The topological polar surface area (TPSA) is 162 Å². The molecule has 3 amide bonds. The largest absolute Gasteiger partial charge is 0.480 e. The molecule has 166 valence electrons. The third-order valence-corrected chi connectivity index (χ3v) is 5.53. The summed E-state index contributed by atoms with van der Waals surface area (Å²) in [5.41, 5.74) is 5.92. The van der Waals surface area contributed by atoms with Crippen LogP contribution in [0, 0.1) is 5.92 Å². The highest BCUT2D eigenvalue weighted by Crippen LogP contribution is 2.20. The average molecular weight is 433 g/mol. The van der Waals surface area contributed by atoms with Gasteiger partial charge in [-0.25, -0.2) is 4.79 Å². The van der Waals surface area contributed by atoms with Crippen LogP contribution < -0.4 is 16.4 Å². The molecular weight excluding hydrogens is 400 g/mol. The highest BCUT2D eigenvalue weighted by Gasteiger charge is 2.38. The summed E-state index contributed by atoms with van der Waals surface area (Å²) in [6.07, 6.45) is 3.08. The number of thioether (sulfide) groups is 1. The zero-order valence-electron chi connectivity index (χ0n) is 17.1. The third kappa shape index (κ3) is 7.16. The first-order valence-corrected chi connectivity index (χ1v) is 11.0. The molecular formula is C18H32N4O6S. The molecule has 0 aromatic rings. The van der Waals surface area contributed by atoms with E-state index in [2.05, 4.69) is 10.6 Å². The van der Waals surface area contributed by atoms with Gasteiger partial charge in [0.25, 0.3) is 0 Å². The zero-order chi connectivity index (χ0) is 22.1. The van der Waals surface area contributed by atoms with Crippen molar-refractivity contribution in [2.75, 3.05) is 25.2 Å². The molecule has 0 aromatic heterocycles. The fourth-order valence-electron chi connectivity index (χ4n) is 3.01. The number of carboxylic acid groups (broad SMARTS) is 1. The van der Waals surface area contributed by atoms with Gasteiger partial charge < -0.3 is 31.5 Å². The van der Waals surface area contributed by atoms with Gasteiger partial charge in [0.2, 0.25) is 17.7 Å². The second-order valence-electron chi connectivity index (χ2n) is 7.38. The summed E-state index contributed by atoms with van der Waals surface area (Å²) in [5, 5.41) is 23.5. The lowest BCUT2D eigenvalue weighted by atomic mass is 10.0. The van der Waals surface area contributed by atoms with Gasteiger partial charge in [-0.15, -0.1) is 0 Å². The van der Waals surface area contributed by atoms with Gasteiger partial charge in [0.1, 0.15) is 18.1 Å². The molecule has 1 heterocycles. The minimum atomic E-state index is -1.31. The van der Waals surface area contributed by atoms with Crippen LogP contribution in [0.2, 0.25) is 0 Å². The summed E-state index contributed by atoms with van der Waals surface area (Å²) in [5.74, 6) is -2.43. The maximum Gasteiger partial charge on any atom is 0.326 e. The van der Waals surface area contributed by atoms with Crippen LogP contribution in [-0.4, -0.2) is 88.1 Å². The predicted octanol–water partition coefficient (Wildman–Crippen LogP) is -1.24. The number of aliphatic carboxylic acids is 1. The summed E-state index contributed by atoms with van der Waals surface area (Å²) in [6, 6.07) is -3.93. The minimum absolute atomic E-state index is 0.0861. The summed E-state index contributed by atoms with van der Waals surface area (Å²) in [4.78, 5) is 50.3. The Kier molecular flexibility index (Phi) is 10.4. The Bertz CT molecular complexity index is 603. The summed E-state index contributed by atoms with van der Waals surface area (Å²) in [6.45, 7) is 3.33. The number of rotatable bonds is 11. The van der Waals surface area contributed by atoms with E-state index in [4.69, 9.17) is 5.73 Å². The molecule has 4 atom stereocenters. The number of carboxylic acids is 1. The molecule has 6 N–H and O–H groups in total. The quantitative estimate of drug-likeness (QED) is 0.271. The van der Waals surface area contributed by atoms with Crippen molar-refractivity contribution < 1.29 is 29.4 Å². The van der Waals surface area contributed by atoms with Crippen molar-refractivity contribution in [1.29, 1.82) is 0 Å². The van der Waals surface area contributed by atoms with E-state index in [1.165, 1.54) is 16.7 Å². The Labute approximate surface area is 174 Å². The molecule has 4 unspecified atom stereocenters. The molecule has 0 saturated carbocycles. The van der Waals surface area contributed by atoms with Crippen LogP contribution in [0.1, 0.15) is 33.1 Å². The van der Waals surface area contributed by atoms with Crippen molar-refractivity contribution in [2.45, 2.75) is 57.3 Å². The number of nitrogens with one attached hydrogen (secondary N) is 2. The molecule has 10 nitrogen and oxygen atoms in total. The molecule has 29 heavy (non-hydrogen) atoms. The molecule has 1 rings (SSSR count). The van der Waals surface area contributed by atoms with E-state index in [0.717, 1.165) is 0 Å². The number of likely N-dealkylation sites (tertiary alicyclic amines) is 1. The van der Waals surface area contributed by atoms with Crippen molar-refractivity contribution in [3.05, 3.63) is 0 Å². The summed E-state index contributed by atoms with van der Waals surface area (Å²) < 4.78 is 0. The number of hydrogen-bond acceptors (Lipinski definition) is 7. The Morgan fingerprint density at radius 1 is 1.21 bits per heavy atom. The van der Waals surface area contributed by atoms with Gasteiger partial charge in [-0.3, -0.25) is 14.4 Å². The molecule has 0 aromatic carbocycles. The van der Waals surface area contributed by atoms with E-state index in [1.807, 2.05) is 20.1 Å². The van der Waals surface area contributed by atoms with Crippen LogP contribution in [0.25, 0.3) is 0 Å². The second kappa shape index (κ2) is 12.0. The van der Waals surface area contributed by atoms with Gasteiger partial charge in [-0.05, 0) is 37.2 Å². The monoisotopic (exact) mass is 432 g/mol. The third-order valence-electron chi connectivity index (χ3n) is 4.88. The lowest BCUT2D eigenvalue weighted by molar-refractivity contribution is -0.143. The van der Waals surface area contributed by atoms with Gasteiger partial charge >= 0.3 is 5.97 Å². The Hall–Kier alpha value is -1.85. The predicted molar refractivity (Wildman–Crippen MR) is 109 cm³/mol. The first-order chi connectivity index (χ1) is 13.6. The maximum atomic E-state index is 12.7. The van der Waals surface area contributed by atoms with E-state index >= 15 is 0 Å². The first kappa shape index (κ1) is 25.2. The highest BCUT2D eigenvalue weighted by atomic mass is 32.2. The molecule has 0 spiro atoms. The smallest absolute Gasteiger partial charge is 0.326 e. The Balaban J connectivity index is 2.77. The number of hydrogen-bond donors (Lipinski definition) is 5. The Morgan fingerprint density at radius 2 is 1.86 bits per heavy atom. The van der Waals surface area contributed by atoms with Crippen molar-refractivity contribution in [1.82, 2.24) is 15.5 Å². The van der Waals surface area contributed by atoms with Crippen LogP contribution in [0.3, 0.4) is 0 Å². The van der Waals surface area contributed by atoms with Crippen molar-refractivity contribution in [2.24, 2.45) is 11.7 Å². The van der Waals surface area contributed by atoms with Crippen LogP contribution in [-0.2, 0) is 19.2 Å². The summed E-state index contributed by atoms with van der Waals surface area (Å²) >= 11 is 1.44. The standard InChI is InChI=1S/C18H32N4O6S/c1-10(2)14(19)17(26)22-7-4-5-13(22)16(25)21-12(9-23)15(24)20-11(18(27)28)6-8-29-3/h10-14,23H,4-9,19H2,1-3H3,(H,20,24)(H,21,25)(H,27,28). The fourth-order valence-corrected chi connectivity index (χ4v) is 3.48. The minimum Gasteiger partial charge on any atom is -0.480 e. The highest BCUT2D eigenvalue weighted by molar-refractivity contribution is 7.98. The fraction of sp³-hybridized carbons (Fsp3) is 0.778. The average Bonchev–Trinajstić information content (AvgIpc) is 3.17. The maximum absolute atomic E-state index is 12.7. The number of nitrogens with zero attached hydrogens (tertiary/aromatic N) is 1. The van der Waals surface area contributed by atoms with Crippen LogP contribution in [0.15, 0.2) is 0 Å².